The highest BCUT2D eigenvalue weighted by Gasteiger charge is 2.38. The molecule has 1 aliphatic heterocycles. The Bertz CT molecular complexity index is 487. The third kappa shape index (κ3) is 2.84. The van der Waals surface area contributed by atoms with Crippen molar-refractivity contribution >= 4 is 21.7 Å². The van der Waals surface area contributed by atoms with E-state index in [1.807, 2.05) is 32.4 Å². The third-order valence-corrected chi connectivity index (χ3v) is 4.74. The molecule has 0 saturated carbocycles. The normalized spacial score (nSPS) is 17.7. The molecule has 0 spiro atoms. The highest BCUT2D eigenvalue weighted by molar-refractivity contribution is 9.10. The molecule has 5 heteroatoms. The van der Waals surface area contributed by atoms with Crippen LogP contribution in [0, 0.1) is 0 Å². The number of carbonyl (C=O) groups excluding carboxylic acids is 1. The maximum absolute atomic E-state index is 13.0. The molecule has 2 heterocycles. The Morgan fingerprint density at radius 3 is 2.45 bits per heavy atom. The van der Waals surface area contributed by atoms with Crippen molar-refractivity contribution in [2.24, 2.45) is 0 Å². The maximum atomic E-state index is 13.0. The van der Waals surface area contributed by atoms with E-state index in [0.29, 0.717) is 5.69 Å². The summed E-state index contributed by atoms with van der Waals surface area (Å²) in [7, 11) is 0. The fourth-order valence-electron chi connectivity index (χ4n) is 2.83. The van der Waals surface area contributed by atoms with Crippen LogP contribution in [0.3, 0.4) is 0 Å². The number of hydrogen-bond acceptors (Lipinski definition) is 3. The van der Waals surface area contributed by atoms with E-state index in [1.54, 1.807) is 6.20 Å². The van der Waals surface area contributed by atoms with E-state index in [1.165, 1.54) is 19.3 Å². The molecule has 112 valence electrons. The molecular formula is C15H24BrN3O. The molecule has 1 aromatic heterocycles. The second kappa shape index (κ2) is 5.98. The van der Waals surface area contributed by atoms with Crippen LogP contribution in [0.1, 0.15) is 63.5 Å². The Kier molecular flexibility index (Phi) is 4.69. The van der Waals surface area contributed by atoms with E-state index < -0.39 is 5.54 Å². The van der Waals surface area contributed by atoms with Crippen LogP contribution in [-0.4, -0.2) is 39.1 Å². The maximum Gasteiger partial charge on any atom is 0.201 e. The Balaban J connectivity index is 2.32. The Morgan fingerprint density at radius 1 is 1.30 bits per heavy atom. The lowest BCUT2D eigenvalue weighted by Crippen LogP contribution is -2.52. The van der Waals surface area contributed by atoms with Gasteiger partial charge in [0.1, 0.15) is 5.69 Å². The minimum Gasteiger partial charge on any atom is -0.291 e. The predicted octanol–water partition coefficient (Wildman–Crippen LogP) is 3.67. The minimum absolute atomic E-state index is 0.150. The monoisotopic (exact) mass is 341 g/mol. The average molecular weight is 342 g/mol. The van der Waals surface area contributed by atoms with Crippen LogP contribution in [0.25, 0.3) is 0 Å². The number of ketones is 1. The average Bonchev–Trinajstić information content (AvgIpc) is 2.80. The second-order valence-corrected chi connectivity index (χ2v) is 7.17. The van der Waals surface area contributed by atoms with Gasteiger partial charge in [0.2, 0.25) is 5.78 Å². The van der Waals surface area contributed by atoms with Gasteiger partial charge < -0.3 is 0 Å². The lowest BCUT2D eigenvalue weighted by molar-refractivity contribution is 0.0565. The van der Waals surface area contributed by atoms with Crippen molar-refractivity contribution in [3.63, 3.8) is 0 Å². The van der Waals surface area contributed by atoms with E-state index in [2.05, 4.69) is 25.9 Å². The van der Waals surface area contributed by atoms with E-state index in [0.717, 1.165) is 17.6 Å². The molecule has 20 heavy (non-hydrogen) atoms. The fourth-order valence-corrected chi connectivity index (χ4v) is 3.28. The standard InChI is InChI=1S/C15H24BrN3O/c1-11(2)19-13(12(16)10-17-19)14(20)15(3,4)18-8-6-5-7-9-18/h10-11H,5-9H2,1-4H3. The summed E-state index contributed by atoms with van der Waals surface area (Å²) in [4.78, 5) is 15.3. The van der Waals surface area contributed by atoms with Crippen LogP contribution in [-0.2, 0) is 0 Å². The van der Waals surface area contributed by atoms with Crippen molar-refractivity contribution in [3.8, 4) is 0 Å². The van der Waals surface area contributed by atoms with Crippen LogP contribution in [0.2, 0.25) is 0 Å². The first-order chi connectivity index (χ1) is 9.35. The summed E-state index contributed by atoms with van der Waals surface area (Å²) < 4.78 is 2.61. The van der Waals surface area contributed by atoms with Crippen molar-refractivity contribution in [2.45, 2.75) is 58.5 Å². The lowest BCUT2D eigenvalue weighted by Gasteiger charge is -2.39. The summed E-state index contributed by atoms with van der Waals surface area (Å²) in [5, 5.41) is 4.33. The quantitative estimate of drug-likeness (QED) is 0.784. The van der Waals surface area contributed by atoms with Gasteiger partial charge in [-0.15, -0.1) is 0 Å². The zero-order valence-corrected chi connectivity index (χ0v) is 14.4. The first-order valence-electron chi connectivity index (χ1n) is 7.38. The van der Waals surface area contributed by atoms with Crippen LogP contribution in [0.4, 0.5) is 0 Å². The summed E-state index contributed by atoms with van der Waals surface area (Å²) in [6, 6.07) is 0.178. The van der Waals surface area contributed by atoms with Gasteiger partial charge in [0, 0.05) is 6.04 Å². The number of nitrogens with zero attached hydrogens (tertiary/aromatic N) is 3. The molecule has 0 atom stereocenters. The molecule has 4 nitrogen and oxygen atoms in total. The van der Waals surface area contributed by atoms with Gasteiger partial charge in [-0.25, -0.2) is 0 Å². The minimum atomic E-state index is -0.477. The first-order valence-corrected chi connectivity index (χ1v) is 8.18. The van der Waals surface area contributed by atoms with Crippen LogP contribution in [0.15, 0.2) is 10.7 Å². The zero-order chi connectivity index (χ0) is 14.9. The number of likely N-dealkylation sites (tertiary alicyclic amines) is 1. The largest absolute Gasteiger partial charge is 0.291 e. The molecule has 1 aliphatic rings. The van der Waals surface area contributed by atoms with E-state index in [4.69, 9.17) is 0 Å². The Labute approximate surface area is 129 Å². The van der Waals surface area contributed by atoms with Gasteiger partial charge in [0.05, 0.1) is 16.2 Å². The van der Waals surface area contributed by atoms with Crippen LogP contribution >= 0.6 is 15.9 Å². The van der Waals surface area contributed by atoms with Gasteiger partial charge in [-0.2, -0.15) is 5.10 Å². The van der Waals surface area contributed by atoms with E-state index in [-0.39, 0.29) is 11.8 Å². The van der Waals surface area contributed by atoms with Gasteiger partial charge >= 0.3 is 0 Å². The van der Waals surface area contributed by atoms with Crippen molar-refractivity contribution in [2.75, 3.05) is 13.1 Å². The number of piperidine rings is 1. The fraction of sp³-hybridized carbons (Fsp3) is 0.733. The van der Waals surface area contributed by atoms with Crippen LogP contribution in [0.5, 0.6) is 0 Å². The number of rotatable bonds is 4. The summed E-state index contributed by atoms with van der Waals surface area (Å²) >= 11 is 3.48. The summed E-state index contributed by atoms with van der Waals surface area (Å²) in [6.45, 7) is 10.2. The van der Waals surface area contributed by atoms with Crippen molar-refractivity contribution in [1.29, 1.82) is 0 Å². The highest BCUT2D eigenvalue weighted by atomic mass is 79.9. The van der Waals surface area contributed by atoms with Crippen molar-refractivity contribution in [1.82, 2.24) is 14.7 Å². The van der Waals surface area contributed by atoms with Gasteiger partial charge in [0.15, 0.2) is 0 Å². The van der Waals surface area contributed by atoms with Gasteiger partial charge in [-0.05, 0) is 69.6 Å². The topological polar surface area (TPSA) is 38.1 Å². The second-order valence-electron chi connectivity index (χ2n) is 6.32. The molecule has 0 N–H and O–H groups in total. The molecule has 0 aromatic carbocycles. The summed E-state index contributed by atoms with van der Waals surface area (Å²) in [5.41, 5.74) is 0.214. The lowest BCUT2D eigenvalue weighted by atomic mass is 9.91. The molecule has 0 bridgehead atoms. The van der Waals surface area contributed by atoms with Crippen molar-refractivity contribution in [3.05, 3.63) is 16.4 Å². The van der Waals surface area contributed by atoms with E-state index >= 15 is 0 Å². The molecule has 0 aliphatic carbocycles. The number of aromatic nitrogens is 2. The predicted molar refractivity (Wildman–Crippen MR) is 84.1 cm³/mol. The molecule has 1 fully saturated rings. The molecule has 0 unspecified atom stereocenters. The van der Waals surface area contributed by atoms with Gasteiger partial charge in [-0.3, -0.25) is 14.4 Å². The van der Waals surface area contributed by atoms with Gasteiger partial charge in [-0.1, -0.05) is 6.42 Å². The number of carbonyl (C=O) groups is 1. The molecule has 0 amide bonds. The highest BCUT2D eigenvalue weighted by Crippen LogP contribution is 2.29. The summed E-state index contributed by atoms with van der Waals surface area (Å²) in [5.74, 6) is 0.150. The van der Waals surface area contributed by atoms with Crippen molar-refractivity contribution < 1.29 is 4.79 Å². The Hall–Kier alpha value is -0.680. The zero-order valence-electron chi connectivity index (χ0n) is 12.8. The third-order valence-electron chi connectivity index (χ3n) is 4.16. The smallest absolute Gasteiger partial charge is 0.201 e. The molecule has 1 aromatic rings. The molecule has 1 saturated heterocycles. The number of hydrogen-bond donors (Lipinski definition) is 0. The Morgan fingerprint density at radius 2 is 1.90 bits per heavy atom. The van der Waals surface area contributed by atoms with E-state index in [9.17, 15) is 4.79 Å². The molecule has 0 radical (unpaired) electrons. The van der Waals surface area contributed by atoms with Crippen LogP contribution < -0.4 is 0 Å². The first kappa shape index (κ1) is 15.7. The number of Topliss-reactive ketones (excluding diaryl/α,β-unsaturated/α-hetero) is 1. The summed E-state index contributed by atoms with van der Waals surface area (Å²) in [6.07, 6.45) is 5.36. The molecular weight excluding hydrogens is 318 g/mol. The van der Waals surface area contributed by atoms with Gasteiger partial charge in [0.25, 0.3) is 0 Å². The number of halogens is 1. The molecule has 2 rings (SSSR count). The SMILES string of the molecule is CC(C)n1ncc(Br)c1C(=O)C(C)(C)N1CCCCC1.